The molecule has 1 aliphatic rings. The number of sulfone groups is 1. The van der Waals surface area contributed by atoms with Gasteiger partial charge in [0.1, 0.15) is 0 Å². The number of rotatable bonds is 5. The van der Waals surface area contributed by atoms with Gasteiger partial charge in [-0.3, -0.25) is 4.79 Å². The van der Waals surface area contributed by atoms with E-state index in [2.05, 4.69) is 5.16 Å². The minimum atomic E-state index is -4.70. The van der Waals surface area contributed by atoms with E-state index in [1.807, 2.05) is 6.26 Å². The summed E-state index contributed by atoms with van der Waals surface area (Å²) >= 11 is 1.55. The number of hydrogen-bond acceptors (Lipinski definition) is 6. The molecular formula is C16H14F3NO4S2. The Morgan fingerprint density at radius 2 is 2.04 bits per heavy atom. The van der Waals surface area contributed by atoms with Gasteiger partial charge in [-0.2, -0.15) is 24.9 Å². The fourth-order valence-electron chi connectivity index (χ4n) is 2.71. The van der Waals surface area contributed by atoms with Gasteiger partial charge in [-0.15, -0.1) is 0 Å². The normalized spacial score (nSPS) is 20.2. The van der Waals surface area contributed by atoms with Crippen molar-refractivity contribution in [3.05, 3.63) is 35.5 Å². The molecule has 5 nitrogen and oxygen atoms in total. The van der Waals surface area contributed by atoms with E-state index in [1.165, 1.54) is 6.20 Å². The summed E-state index contributed by atoms with van der Waals surface area (Å²) < 4.78 is 68.0. The fourth-order valence-corrected chi connectivity index (χ4v) is 4.46. The summed E-state index contributed by atoms with van der Waals surface area (Å²) in [6, 6.07) is 2.29. The second kappa shape index (κ2) is 6.41. The topological polar surface area (TPSA) is 77.2 Å². The van der Waals surface area contributed by atoms with Gasteiger partial charge >= 0.3 is 6.18 Å². The van der Waals surface area contributed by atoms with Crippen LogP contribution in [0.2, 0.25) is 0 Å². The average molecular weight is 405 g/mol. The first-order valence-corrected chi connectivity index (χ1v) is 10.7. The van der Waals surface area contributed by atoms with Crippen LogP contribution in [0.5, 0.6) is 0 Å². The molecular weight excluding hydrogens is 391 g/mol. The molecule has 0 saturated heterocycles. The van der Waals surface area contributed by atoms with Crippen LogP contribution in [0.15, 0.2) is 33.8 Å². The molecule has 3 rings (SSSR count). The van der Waals surface area contributed by atoms with Gasteiger partial charge in [-0.1, -0.05) is 5.16 Å². The van der Waals surface area contributed by atoms with Gasteiger partial charge in [-0.25, -0.2) is 8.42 Å². The number of thioether (sulfide) groups is 1. The van der Waals surface area contributed by atoms with Gasteiger partial charge in [0.05, 0.1) is 22.2 Å². The number of aromatic nitrogens is 1. The van der Waals surface area contributed by atoms with Crippen molar-refractivity contribution in [2.24, 2.45) is 5.92 Å². The van der Waals surface area contributed by atoms with Crippen LogP contribution in [0.25, 0.3) is 11.3 Å². The summed E-state index contributed by atoms with van der Waals surface area (Å²) in [4.78, 5) is 12.0. The van der Waals surface area contributed by atoms with E-state index in [-0.39, 0.29) is 33.8 Å². The molecule has 0 spiro atoms. The van der Waals surface area contributed by atoms with E-state index >= 15 is 0 Å². The molecule has 0 radical (unpaired) electrons. The van der Waals surface area contributed by atoms with Crippen LogP contribution in [0.3, 0.4) is 0 Å². The minimum absolute atomic E-state index is 0.0798. The molecule has 1 heterocycles. The Bertz CT molecular complexity index is 966. The van der Waals surface area contributed by atoms with Crippen molar-refractivity contribution in [1.82, 2.24) is 5.16 Å². The highest BCUT2D eigenvalue weighted by atomic mass is 32.2. The molecule has 2 atom stereocenters. The average Bonchev–Trinajstić information content (AvgIpc) is 3.18. The Morgan fingerprint density at radius 3 is 2.58 bits per heavy atom. The molecule has 1 fully saturated rings. The number of carbonyl (C=O) groups is 1. The van der Waals surface area contributed by atoms with Gasteiger partial charge in [0.25, 0.3) is 0 Å². The van der Waals surface area contributed by atoms with Crippen molar-refractivity contribution < 1.29 is 30.9 Å². The lowest BCUT2D eigenvalue weighted by Crippen LogP contribution is -2.09. The molecule has 1 saturated carbocycles. The van der Waals surface area contributed by atoms with E-state index in [1.54, 1.807) is 11.8 Å². The summed E-state index contributed by atoms with van der Waals surface area (Å²) in [5, 5.41) is 3.73. The zero-order chi connectivity index (χ0) is 19.3. The predicted octanol–water partition coefficient (Wildman–Crippen LogP) is 3.70. The molecule has 2 unspecified atom stereocenters. The Balaban J connectivity index is 2.11. The van der Waals surface area contributed by atoms with Crippen LogP contribution >= 0.6 is 11.8 Å². The van der Waals surface area contributed by atoms with E-state index < -0.39 is 26.5 Å². The summed E-state index contributed by atoms with van der Waals surface area (Å²) in [5.74, 6) is -0.602. The van der Waals surface area contributed by atoms with Crippen LogP contribution < -0.4 is 0 Å². The molecule has 0 aliphatic heterocycles. The van der Waals surface area contributed by atoms with Gasteiger partial charge in [0, 0.05) is 23.0 Å². The number of halogens is 3. The number of alkyl halides is 3. The van der Waals surface area contributed by atoms with Crippen LogP contribution in [0.1, 0.15) is 22.3 Å². The number of benzene rings is 1. The Kier molecular flexibility index (Phi) is 4.68. The van der Waals surface area contributed by atoms with Gasteiger partial charge in [-0.05, 0) is 30.9 Å². The number of hydrogen-bond donors (Lipinski definition) is 0. The van der Waals surface area contributed by atoms with Crippen molar-refractivity contribution in [3.63, 3.8) is 0 Å². The molecule has 1 aromatic heterocycles. The van der Waals surface area contributed by atoms with Gasteiger partial charge in [0.15, 0.2) is 21.4 Å². The van der Waals surface area contributed by atoms with Gasteiger partial charge in [0.2, 0.25) is 0 Å². The third kappa shape index (κ3) is 3.52. The molecule has 140 valence electrons. The Morgan fingerprint density at radius 1 is 1.35 bits per heavy atom. The molecule has 0 bridgehead atoms. The molecule has 0 amide bonds. The highest BCUT2D eigenvalue weighted by Gasteiger charge is 2.44. The number of ketones is 1. The van der Waals surface area contributed by atoms with Gasteiger partial charge < -0.3 is 4.52 Å². The summed E-state index contributed by atoms with van der Waals surface area (Å²) in [6.07, 6.45) is -0.149. The van der Waals surface area contributed by atoms with Crippen LogP contribution in [0.4, 0.5) is 13.2 Å². The van der Waals surface area contributed by atoms with Crippen LogP contribution in [-0.2, 0) is 16.0 Å². The quantitative estimate of drug-likeness (QED) is 0.706. The lowest BCUT2D eigenvalue weighted by molar-refractivity contribution is -0.137. The number of Topliss-reactive ketones (excluding diaryl/α,β-unsaturated/α-hetero) is 1. The van der Waals surface area contributed by atoms with Crippen LogP contribution in [0, 0.1) is 5.92 Å². The SMILES string of the molecule is CSC1CC1C(=O)c1cnoc1-c1ccc(C(F)(F)F)cc1S(C)(=O)=O. The largest absolute Gasteiger partial charge is 0.416 e. The van der Waals surface area contributed by atoms with Crippen molar-refractivity contribution in [2.45, 2.75) is 22.7 Å². The van der Waals surface area contributed by atoms with Crippen molar-refractivity contribution in [2.75, 3.05) is 12.5 Å². The monoisotopic (exact) mass is 405 g/mol. The second-order valence-corrected chi connectivity index (χ2v) is 9.09. The first-order chi connectivity index (χ1) is 12.0. The van der Waals surface area contributed by atoms with Crippen molar-refractivity contribution in [1.29, 1.82) is 0 Å². The zero-order valence-corrected chi connectivity index (χ0v) is 15.3. The maximum Gasteiger partial charge on any atom is 0.416 e. The van der Waals surface area contributed by atoms with Crippen molar-refractivity contribution in [3.8, 4) is 11.3 Å². The van der Waals surface area contributed by atoms with E-state index in [9.17, 15) is 26.4 Å². The molecule has 10 heteroatoms. The highest BCUT2D eigenvalue weighted by molar-refractivity contribution is 7.99. The first-order valence-electron chi connectivity index (χ1n) is 7.47. The Hall–Kier alpha value is -1.81. The standard InChI is InChI=1S/C16H14F3NO4S2/c1-25-12-6-10(12)14(21)11-7-20-24-15(11)9-4-3-8(16(17,18)19)5-13(9)26(2,22)23/h3-5,7,10,12H,6H2,1-2H3. The smallest absolute Gasteiger partial charge is 0.355 e. The summed E-state index contributed by atoms with van der Waals surface area (Å²) in [6.45, 7) is 0. The fraction of sp³-hybridized carbons (Fsp3) is 0.375. The number of carbonyl (C=O) groups excluding carboxylic acids is 1. The lowest BCUT2D eigenvalue weighted by Gasteiger charge is -2.11. The van der Waals surface area contributed by atoms with E-state index in [0.717, 1.165) is 18.4 Å². The summed E-state index contributed by atoms with van der Waals surface area (Å²) in [5.41, 5.74) is -1.13. The molecule has 26 heavy (non-hydrogen) atoms. The third-order valence-electron chi connectivity index (χ3n) is 4.16. The van der Waals surface area contributed by atoms with E-state index in [4.69, 9.17) is 4.52 Å². The van der Waals surface area contributed by atoms with E-state index in [0.29, 0.717) is 12.5 Å². The predicted molar refractivity (Wildman–Crippen MR) is 89.8 cm³/mol. The summed E-state index contributed by atoms with van der Waals surface area (Å²) in [7, 11) is -4.01. The molecule has 1 aliphatic carbocycles. The Labute approximate surface area is 151 Å². The van der Waals surface area contributed by atoms with Crippen molar-refractivity contribution >= 4 is 27.4 Å². The maximum atomic E-state index is 12.9. The lowest BCUT2D eigenvalue weighted by atomic mass is 10.0. The maximum absolute atomic E-state index is 12.9. The molecule has 1 aromatic carbocycles. The molecule has 0 N–H and O–H groups in total. The third-order valence-corrected chi connectivity index (χ3v) is 6.42. The first kappa shape index (κ1) is 19.0. The number of nitrogens with zero attached hydrogens (tertiary/aromatic N) is 1. The molecule has 2 aromatic rings. The zero-order valence-electron chi connectivity index (χ0n) is 13.7. The second-order valence-electron chi connectivity index (χ2n) is 6.03. The van der Waals surface area contributed by atoms with Crippen LogP contribution in [-0.4, -0.2) is 37.1 Å². The minimum Gasteiger partial charge on any atom is -0.355 e. The highest BCUT2D eigenvalue weighted by Crippen LogP contribution is 2.44.